The highest BCUT2D eigenvalue weighted by Gasteiger charge is 2.08. The van der Waals surface area contributed by atoms with Crippen molar-refractivity contribution in [3.63, 3.8) is 0 Å². The van der Waals surface area contributed by atoms with Crippen molar-refractivity contribution in [3.8, 4) is 11.3 Å². The highest BCUT2D eigenvalue weighted by Crippen LogP contribution is 2.22. The molecule has 0 saturated carbocycles. The van der Waals surface area contributed by atoms with Gasteiger partial charge in [0.1, 0.15) is 23.4 Å². The molecule has 0 N–H and O–H groups in total. The average molecular weight is 285 g/mol. The molecule has 6 heteroatoms. The van der Waals surface area contributed by atoms with Gasteiger partial charge in [-0.15, -0.1) is 0 Å². The van der Waals surface area contributed by atoms with E-state index in [0.29, 0.717) is 23.7 Å². The van der Waals surface area contributed by atoms with Crippen LogP contribution >= 0.6 is 11.6 Å². The Morgan fingerprint density at radius 2 is 1.79 bits per heavy atom. The third-order valence-corrected chi connectivity index (χ3v) is 2.53. The van der Waals surface area contributed by atoms with Crippen molar-refractivity contribution in [2.24, 2.45) is 0 Å². The summed E-state index contributed by atoms with van der Waals surface area (Å²) in [4.78, 5) is 8.15. The molecule has 0 aliphatic rings. The summed E-state index contributed by atoms with van der Waals surface area (Å²) < 4.78 is 31.5. The van der Waals surface area contributed by atoms with Crippen molar-refractivity contribution in [2.75, 3.05) is 6.61 Å². The summed E-state index contributed by atoms with van der Waals surface area (Å²) >= 11 is 5.86. The molecule has 0 spiro atoms. The molecule has 1 heterocycles. The number of nitrogens with zero attached hydrogens (tertiary/aromatic N) is 2. The molecule has 0 saturated heterocycles. The second-order valence-corrected chi connectivity index (χ2v) is 4.17. The van der Waals surface area contributed by atoms with Crippen LogP contribution in [0.4, 0.5) is 8.78 Å². The molecule has 0 bridgehead atoms. The zero-order valence-electron chi connectivity index (χ0n) is 10.2. The van der Waals surface area contributed by atoms with Gasteiger partial charge in [0.2, 0.25) is 0 Å². The Hall–Kier alpha value is -1.59. The van der Waals surface area contributed by atoms with E-state index in [1.165, 1.54) is 18.2 Å². The first-order valence-corrected chi connectivity index (χ1v) is 6.04. The zero-order valence-corrected chi connectivity index (χ0v) is 10.9. The van der Waals surface area contributed by atoms with Gasteiger partial charge in [0, 0.05) is 24.3 Å². The number of hydrogen-bond donors (Lipinski definition) is 0. The number of ether oxygens (including phenoxy) is 1. The molecule has 1 aromatic carbocycles. The van der Waals surface area contributed by atoms with E-state index in [0.717, 1.165) is 6.07 Å². The van der Waals surface area contributed by atoms with E-state index in [1.54, 1.807) is 0 Å². The fourth-order valence-electron chi connectivity index (χ4n) is 1.57. The Kier molecular flexibility index (Phi) is 4.39. The summed E-state index contributed by atoms with van der Waals surface area (Å²) in [6.07, 6.45) is 0. The van der Waals surface area contributed by atoms with Crippen LogP contribution in [-0.2, 0) is 11.3 Å². The van der Waals surface area contributed by atoms with Gasteiger partial charge in [0.25, 0.3) is 0 Å². The molecule has 2 rings (SSSR count). The zero-order chi connectivity index (χ0) is 13.8. The minimum Gasteiger partial charge on any atom is -0.374 e. The third-order valence-electron chi connectivity index (χ3n) is 2.33. The minimum absolute atomic E-state index is 0.196. The highest BCUT2D eigenvalue weighted by molar-refractivity contribution is 6.29. The molecule has 0 aliphatic heterocycles. The molecule has 0 aliphatic carbocycles. The van der Waals surface area contributed by atoms with Crippen LogP contribution in [0.3, 0.4) is 0 Å². The van der Waals surface area contributed by atoms with Crippen LogP contribution in [0.15, 0.2) is 24.3 Å². The van der Waals surface area contributed by atoms with Gasteiger partial charge in [-0.05, 0) is 19.1 Å². The van der Waals surface area contributed by atoms with Crippen molar-refractivity contribution in [2.45, 2.75) is 13.5 Å². The van der Waals surface area contributed by atoms with Gasteiger partial charge < -0.3 is 4.74 Å². The maximum absolute atomic E-state index is 13.2. The van der Waals surface area contributed by atoms with Crippen molar-refractivity contribution < 1.29 is 13.5 Å². The van der Waals surface area contributed by atoms with Gasteiger partial charge >= 0.3 is 0 Å². The first-order valence-electron chi connectivity index (χ1n) is 5.66. The van der Waals surface area contributed by atoms with Crippen LogP contribution in [0.2, 0.25) is 5.15 Å². The van der Waals surface area contributed by atoms with Gasteiger partial charge in [0.05, 0.1) is 5.69 Å². The second kappa shape index (κ2) is 6.04. The molecular weight excluding hydrogens is 274 g/mol. The number of aromatic nitrogens is 2. The largest absolute Gasteiger partial charge is 0.374 e. The van der Waals surface area contributed by atoms with Crippen molar-refractivity contribution in [1.82, 2.24) is 9.97 Å². The minimum atomic E-state index is -0.670. The van der Waals surface area contributed by atoms with E-state index < -0.39 is 11.6 Å². The molecule has 0 unspecified atom stereocenters. The van der Waals surface area contributed by atoms with Gasteiger partial charge in [-0.1, -0.05) is 11.6 Å². The Morgan fingerprint density at radius 3 is 2.42 bits per heavy atom. The van der Waals surface area contributed by atoms with Gasteiger partial charge in [-0.3, -0.25) is 0 Å². The Bertz CT molecular complexity index is 573. The van der Waals surface area contributed by atoms with E-state index in [2.05, 4.69) is 9.97 Å². The van der Waals surface area contributed by atoms with Crippen molar-refractivity contribution in [3.05, 3.63) is 46.9 Å². The highest BCUT2D eigenvalue weighted by atomic mass is 35.5. The Morgan fingerprint density at radius 1 is 1.11 bits per heavy atom. The Labute approximate surface area is 114 Å². The standard InChI is InChI=1S/C13H11ClF2N2O/c1-2-19-7-13-17-11(6-12(14)18-13)8-3-9(15)5-10(16)4-8/h3-6H,2,7H2,1H3. The van der Waals surface area contributed by atoms with Gasteiger partial charge in [-0.25, -0.2) is 18.7 Å². The van der Waals surface area contributed by atoms with Crippen LogP contribution in [0.1, 0.15) is 12.7 Å². The lowest BCUT2D eigenvalue weighted by molar-refractivity contribution is 0.128. The van der Waals surface area contributed by atoms with E-state index in [-0.39, 0.29) is 11.8 Å². The summed E-state index contributed by atoms with van der Waals surface area (Å²) in [5, 5.41) is 0.198. The molecule has 0 amide bonds. The number of hydrogen-bond acceptors (Lipinski definition) is 3. The smallest absolute Gasteiger partial charge is 0.156 e. The van der Waals surface area contributed by atoms with Crippen molar-refractivity contribution >= 4 is 11.6 Å². The molecule has 3 nitrogen and oxygen atoms in total. The topological polar surface area (TPSA) is 35.0 Å². The lowest BCUT2D eigenvalue weighted by atomic mass is 10.1. The fourth-order valence-corrected chi connectivity index (χ4v) is 1.77. The van der Waals surface area contributed by atoms with Crippen molar-refractivity contribution in [1.29, 1.82) is 0 Å². The predicted octanol–water partition coefficient (Wildman–Crippen LogP) is 3.61. The number of benzene rings is 1. The van der Waals surface area contributed by atoms with Crippen LogP contribution < -0.4 is 0 Å². The second-order valence-electron chi connectivity index (χ2n) is 3.79. The molecule has 2 aromatic rings. The quantitative estimate of drug-likeness (QED) is 0.805. The van der Waals surface area contributed by atoms with Crippen LogP contribution in [0.25, 0.3) is 11.3 Å². The molecule has 0 fully saturated rings. The summed E-state index contributed by atoms with van der Waals surface area (Å²) in [6, 6.07) is 4.62. The monoisotopic (exact) mass is 284 g/mol. The summed E-state index contributed by atoms with van der Waals surface area (Å²) in [5.41, 5.74) is 0.660. The molecule has 0 atom stereocenters. The summed E-state index contributed by atoms with van der Waals surface area (Å²) in [6.45, 7) is 2.55. The maximum Gasteiger partial charge on any atom is 0.156 e. The third kappa shape index (κ3) is 3.68. The lowest BCUT2D eigenvalue weighted by Gasteiger charge is -2.06. The molecule has 0 radical (unpaired) electrons. The van der Waals surface area contributed by atoms with E-state index in [9.17, 15) is 8.78 Å². The number of rotatable bonds is 4. The van der Waals surface area contributed by atoms with Gasteiger partial charge in [0.15, 0.2) is 5.82 Å². The fraction of sp³-hybridized carbons (Fsp3) is 0.231. The lowest BCUT2D eigenvalue weighted by Crippen LogP contribution is -2.01. The maximum atomic E-state index is 13.2. The first-order chi connectivity index (χ1) is 9.08. The van der Waals surface area contributed by atoms with E-state index in [4.69, 9.17) is 16.3 Å². The summed E-state index contributed by atoms with van der Waals surface area (Å²) in [5.74, 6) is -0.971. The predicted molar refractivity (Wildman–Crippen MR) is 67.7 cm³/mol. The molecular formula is C13H11ClF2N2O. The average Bonchev–Trinajstić information content (AvgIpc) is 2.34. The Balaban J connectivity index is 2.40. The van der Waals surface area contributed by atoms with E-state index >= 15 is 0 Å². The van der Waals surface area contributed by atoms with Gasteiger partial charge in [-0.2, -0.15) is 0 Å². The SMILES string of the molecule is CCOCc1nc(Cl)cc(-c2cc(F)cc(F)c2)n1. The van der Waals surface area contributed by atoms with Crippen LogP contribution in [0, 0.1) is 11.6 Å². The van der Waals surface area contributed by atoms with E-state index in [1.807, 2.05) is 6.92 Å². The van der Waals surface area contributed by atoms with Crippen LogP contribution in [0.5, 0.6) is 0 Å². The summed E-state index contributed by atoms with van der Waals surface area (Å²) in [7, 11) is 0. The van der Waals surface area contributed by atoms with Crippen LogP contribution in [-0.4, -0.2) is 16.6 Å². The molecule has 19 heavy (non-hydrogen) atoms. The molecule has 1 aromatic heterocycles. The first kappa shape index (κ1) is 13.8. The normalized spacial score (nSPS) is 10.7. The molecule has 100 valence electrons. The number of halogens is 3.